The molecule has 1 aromatic heterocycles. The second-order valence-electron chi connectivity index (χ2n) is 9.31. The van der Waals surface area contributed by atoms with Crippen LogP contribution in [0, 0.1) is 6.92 Å². The zero-order chi connectivity index (χ0) is 25.1. The molecule has 0 aliphatic carbocycles. The molecule has 5 heteroatoms. The fraction of sp³-hybridized carbons (Fsp3) is 0.0312. The van der Waals surface area contributed by atoms with Crippen molar-refractivity contribution in [3.8, 4) is 39.1 Å². The number of sulfone groups is 1. The lowest BCUT2D eigenvalue weighted by molar-refractivity contribution is 0.594. The van der Waals surface area contributed by atoms with E-state index in [1.165, 1.54) is 0 Å². The summed E-state index contributed by atoms with van der Waals surface area (Å²) in [5, 5.41) is 0. The van der Waals surface area contributed by atoms with E-state index in [2.05, 4.69) is 42.5 Å². The Bertz CT molecular complexity index is 1880. The van der Waals surface area contributed by atoms with Crippen LogP contribution < -0.4 is 0 Å². The third-order valence-corrected chi connectivity index (χ3v) is 8.91. The van der Waals surface area contributed by atoms with Crippen LogP contribution in [-0.2, 0) is 9.84 Å². The smallest absolute Gasteiger partial charge is 0.210 e. The van der Waals surface area contributed by atoms with Gasteiger partial charge in [0, 0.05) is 5.56 Å². The first kappa shape index (κ1) is 21.8. The average Bonchev–Trinajstić information content (AvgIpc) is 3.29. The molecule has 1 aliphatic rings. The number of rotatable bonds is 3. The third-order valence-electron chi connectivity index (χ3n) is 7.08. The highest BCUT2D eigenvalue weighted by molar-refractivity contribution is 7.92. The van der Waals surface area contributed by atoms with Gasteiger partial charge in [0.05, 0.1) is 26.5 Å². The van der Waals surface area contributed by atoms with Crippen molar-refractivity contribution in [1.82, 2.24) is 9.55 Å². The van der Waals surface area contributed by atoms with Crippen molar-refractivity contribution in [3.05, 3.63) is 121 Å². The lowest BCUT2D eigenvalue weighted by atomic mass is 9.93. The van der Waals surface area contributed by atoms with Gasteiger partial charge < -0.3 is 0 Å². The summed E-state index contributed by atoms with van der Waals surface area (Å²) in [4.78, 5) is 5.54. The van der Waals surface area contributed by atoms with E-state index in [1.807, 2.05) is 66.1 Å². The minimum Gasteiger partial charge on any atom is -0.294 e. The number of aromatic nitrogens is 2. The van der Waals surface area contributed by atoms with E-state index in [0.29, 0.717) is 26.5 Å². The van der Waals surface area contributed by atoms with Crippen molar-refractivity contribution in [3.63, 3.8) is 0 Å². The molecule has 2 heterocycles. The van der Waals surface area contributed by atoms with Crippen LogP contribution in [0.2, 0.25) is 0 Å². The van der Waals surface area contributed by atoms with Crippen molar-refractivity contribution in [2.45, 2.75) is 16.7 Å². The van der Waals surface area contributed by atoms with E-state index >= 15 is 0 Å². The fourth-order valence-corrected chi connectivity index (χ4v) is 6.99. The number of nitrogens with zero attached hydrogens (tertiary/aromatic N) is 2. The van der Waals surface area contributed by atoms with E-state index < -0.39 is 9.84 Å². The summed E-state index contributed by atoms with van der Waals surface area (Å²) in [7, 11) is -3.66. The third kappa shape index (κ3) is 3.28. The van der Waals surface area contributed by atoms with Crippen LogP contribution in [-0.4, -0.2) is 18.0 Å². The molecule has 0 fully saturated rings. The predicted molar refractivity (Wildman–Crippen MR) is 148 cm³/mol. The fourth-order valence-electron chi connectivity index (χ4n) is 5.37. The quantitative estimate of drug-likeness (QED) is 0.254. The summed E-state index contributed by atoms with van der Waals surface area (Å²) >= 11 is 0. The molecule has 6 aromatic rings. The number of benzene rings is 5. The zero-order valence-electron chi connectivity index (χ0n) is 20.1. The Morgan fingerprint density at radius 2 is 1.16 bits per heavy atom. The molecule has 4 nitrogen and oxygen atoms in total. The number of hydrogen-bond donors (Lipinski definition) is 0. The largest absolute Gasteiger partial charge is 0.294 e. The first-order valence-corrected chi connectivity index (χ1v) is 13.6. The maximum absolute atomic E-state index is 13.6. The molecule has 0 radical (unpaired) electrons. The van der Waals surface area contributed by atoms with Gasteiger partial charge in [-0.05, 0) is 71.1 Å². The van der Waals surface area contributed by atoms with Gasteiger partial charge in [-0.1, -0.05) is 78.9 Å². The van der Waals surface area contributed by atoms with Gasteiger partial charge >= 0.3 is 0 Å². The van der Waals surface area contributed by atoms with E-state index in [1.54, 1.807) is 18.2 Å². The van der Waals surface area contributed by atoms with Gasteiger partial charge in [-0.3, -0.25) is 4.57 Å². The molecule has 0 amide bonds. The minimum absolute atomic E-state index is 0.299. The highest BCUT2D eigenvalue weighted by Gasteiger charge is 2.33. The molecule has 7 rings (SSSR count). The van der Waals surface area contributed by atoms with E-state index in [9.17, 15) is 8.42 Å². The standard InChI is InChI=1S/C32H22N2O2S/c1-21-33-31-27(16-17-30-32(31)34(21)28-14-8-9-15-29(28)37(30,35)36)26-19-24(22-10-4-2-5-11-22)18-25(20-26)23-12-6-3-7-13-23/h2-20H,1H3. The van der Waals surface area contributed by atoms with Crippen LogP contribution in [0.4, 0.5) is 0 Å². The number of hydrogen-bond acceptors (Lipinski definition) is 3. The zero-order valence-corrected chi connectivity index (χ0v) is 20.9. The Morgan fingerprint density at radius 1 is 0.595 bits per heavy atom. The van der Waals surface area contributed by atoms with E-state index in [0.717, 1.165) is 39.2 Å². The van der Waals surface area contributed by atoms with Crippen LogP contribution >= 0.6 is 0 Å². The molecular weight excluding hydrogens is 476 g/mol. The molecule has 37 heavy (non-hydrogen) atoms. The van der Waals surface area contributed by atoms with Crippen LogP contribution in [0.3, 0.4) is 0 Å². The minimum atomic E-state index is -3.66. The Kier molecular flexibility index (Phi) is 4.72. The Labute approximate surface area is 215 Å². The van der Waals surface area contributed by atoms with Gasteiger partial charge in [0.25, 0.3) is 0 Å². The van der Waals surface area contributed by atoms with Crippen molar-refractivity contribution < 1.29 is 8.42 Å². The summed E-state index contributed by atoms with van der Waals surface area (Å²) < 4.78 is 29.1. The summed E-state index contributed by atoms with van der Waals surface area (Å²) in [5.41, 5.74) is 8.30. The maximum atomic E-state index is 13.6. The molecule has 0 bridgehead atoms. The van der Waals surface area contributed by atoms with Crippen molar-refractivity contribution in [2.24, 2.45) is 0 Å². The van der Waals surface area contributed by atoms with Gasteiger partial charge in [0.15, 0.2) is 0 Å². The van der Waals surface area contributed by atoms with Crippen LogP contribution in [0.25, 0.3) is 50.1 Å². The Balaban J connectivity index is 1.54. The van der Waals surface area contributed by atoms with Crippen molar-refractivity contribution in [2.75, 3.05) is 0 Å². The number of fused-ring (bicyclic) bond motifs is 2. The second-order valence-corrected chi connectivity index (χ2v) is 11.2. The van der Waals surface area contributed by atoms with Gasteiger partial charge in [-0.25, -0.2) is 13.4 Å². The van der Waals surface area contributed by atoms with Crippen LogP contribution in [0.1, 0.15) is 5.82 Å². The lowest BCUT2D eigenvalue weighted by Crippen LogP contribution is -2.15. The first-order valence-electron chi connectivity index (χ1n) is 12.2. The highest BCUT2D eigenvalue weighted by atomic mass is 32.2. The SMILES string of the molecule is Cc1nc2c(-c3cc(-c4ccccc4)cc(-c4ccccc4)c3)ccc3c2n1-c1ccccc1S3(=O)=O. The molecule has 178 valence electrons. The highest BCUT2D eigenvalue weighted by Crippen LogP contribution is 2.43. The number of aryl methyl sites for hydroxylation is 1. The Hall–Kier alpha value is -4.48. The molecular formula is C32H22N2O2S. The van der Waals surface area contributed by atoms with Gasteiger partial charge in [-0.15, -0.1) is 0 Å². The van der Waals surface area contributed by atoms with Gasteiger partial charge in [-0.2, -0.15) is 0 Å². The van der Waals surface area contributed by atoms with Crippen LogP contribution in [0.5, 0.6) is 0 Å². The van der Waals surface area contributed by atoms with Gasteiger partial charge in [0.1, 0.15) is 5.82 Å². The predicted octanol–water partition coefficient (Wildman–Crippen LogP) is 7.48. The molecule has 0 N–H and O–H groups in total. The normalized spacial score (nSPS) is 13.4. The maximum Gasteiger partial charge on any atom is 0.210 e. The molecule has 0 saturated carbocycles. The summed E-state index contributed by atoms with van der Waals surface area (Å²) in [6, 6.07) is 37.9. The summed E-state index contributed by atoms with van der Waals surface area (Å²) in [6.07, 6.45) is 0. The molecule has 1 aliphatic heterocycles. The van der Waals surface area contributed by atoms with Crippen LogP contribution in [0.15, 0.2) is 125 Å². The molecule has 0 unspecified atom stereocenters. The average molecular weight is 499 g/mol. The van der Waals surface area contributed by atoms with Crippen molar-refractivity contribution in [1.29, 1.82) is 0 Å². The lowest BCUT2D eigenvalue weighted by Gasteiger charge is -2.20. The first-order chi connectivity index (χ1) is 18.0. The van der Waals surface area contributed by atoms with E-state index in [-0.39, 0.29) is 0 Å². The Morgan fingerprint density at radius 3 is 1.81 bits per heavy atom. The monoisotopic (exact) mass is 498 g/mol. The molecule has 0 atom stereocenters. The van der Waals surface area contributed by atoms with Crippen molar-refractivity contribution >= 4 is 20.9 Å². The second kappa shape index (κ2) is 8.02. The number of para-hydroxylation sites is 1. The van der Waals surface area contributed by atoms with Gasteiger partial charge in [0.2, 0.25) is 9.84 Å². The topological polar surface area (TPSA) is 52.0 Å². The summed E-state index contributed by atoms with van der Waals surface area (Å²) in [5.74, 6) is 0.758. The number of imidazole rings is 1. The molecule has 0 spiro atoms. The molecule has 5 aromatic carbocycles. The molecule has 0 saturated heterocycles. The summed E-state index contributed by atoms with van der Waals surface area (Å²) in [6.45, 7) is 1.93. The van der Waals surface area contributed by atoms with E-state index in [4.69, 9.17) is 4.98 Å².